The van der Waals surface area contributed by atoms with Gasteiger partial charge in [-0.3, -0.25) is 9.69 Å². The molecule has 9 heteroatoms. The van der Waals surface area contributed by atoms with Crippen molar-refractivity contribution in [3.05, 3.63) is 11.9 Å². The van der Waals surface area contributed by atoms with Gasteiger partial charge in [-0.2, -0.15) is 0 Å². The maximum absolute atomic E-state index is 11.3. The van der Waals surface area contributed by atoms with Crippen molar-refractivity contribution in [3.63, 3.8) is 0 Å². The van der Waals surface area contributed by atoms with Crippen molar-refractivity contribution in [2.45, 2.75) is 6.54 Å². The Bertz CT molecular complexity index is 481. The number of amides is 3. The molecule has 2 heterocycles. The summed E-state index contributed by atoms with van der Waals surface area (Å²) in [6.07, 6.45) is 1.39. The normalized spacial score (nSPS) is 14.8. The van der Waals surface area contributed by atoms with Crippen LogP contribution in [0.2, 0.25) is 0 Å². The second-order valence-corrected chi connectivity index (χ2v) is 3.56. The number of esters is 1. The molecule has 1 saturated heterocycles. The van der Waals surface area contributed by atoms with Crippen molar-refractivity contribution >= 4 is 17.9 Å². The Hall–Kier alpha value is -2.45. The number of imide groups is 1. The summed E-state index contributed by atoms with van der Waals surface area (Å²) in [6, 6.07) is -0.423. The minimum absolute atomic E-state index is 0.0175. The number of hydrogen-bond donors (Lipinski definition) is 1. The summed E-state index contributed by atoms with van der Waals surface area (Å²) in [4.78, 5) is 34.7. The van der Waals surface area contributed by atoms with Crippen molar-refractivity contribution < 1.29 is 19.1 Å². The number of urea groups is 1. The second kappa shape index (κ2) is 4.82. The lowest BCUT2D eigenvalue weighted by Gasteiger charge is -2.11. The van der Waals surface area contributed by atoms with Crippen LogP contribution in [0, 0.1) is 0 Å². The van der Waals surface area contributed by atoms with E-state index >= 15 is 0 Å². The molecule has 1 aliphatic heterocycles. The minimum Gasteiger partial charge on any atom is -0.464 e. The van der Waals surface area contributed by atoms with E-state index in [1.807, 2.05) is 0 Å². The average Bonchev–Trinajstić information content (AvgIpc) is 2.95. The molecule has 0 bridgehead atoms. The van der Waals surface area contributed by atoms with Crippen molar-refractivity contribution in [1.82, 2.24) is 25.2 Å². The van der Waals surface area contributed by atoms with E-state index in [0.717, 1.165) is 4.90 Å². The van der Waals surface area contributed by atoms with Gasteiger partial charge in [-0.25, -0.2) is 14.3 Å². The highest BCUT2D eigenvalue weighted by Crippen LogP contribution is 2.00. The summed E-state index contributed by atoms with van der Waals surface area (Å²) < 4.78 is 5.84. The summed E-state index contributed by atoms with van der Waals surface area (Å²) in [5, 5.41) is 9.70. The molecule has 0 radical (unpaired) electrons. The van der Waals surface area contributed by atoms with Gasteiger partial charge >= 0.3 is 12.0 Å². The fraction of sp³-hybridized carbons (Fsp3) is 0.444. The average molecular weight is 253 g/mol. The molecule has 1 fully saturated rings. The minimum atomic E-state index is -0.587. The van der Waals surface area contributed by atoms with Gasteiger partial charge in [-0.15, -0.1) is 5.10 Å². The van der Waals surface area contributed by atoms with E-state index in [0.29, 0.717) is 0 Å². The molecule has 1 aromatic rings. The third-order valence-electron chi connectivity index (χ3n) is 2.42. The van der Waals surface area contributed by atoms with Crippen molar-refractivity contribution in [1.29, 1.82) is 0 Å². The van der Waals surface area contributed by atoms with E-state index < -0.39 is 12.0 Å². The number of ether oxygens (including phenoxy) is 1. The van der Waals surface area contributed by atoms with Crippen molar-refractivity contribution in [2.75, 3.05) is 20.2 Å². The summed E-state index contributed by atoms with van der Waals surface area (Å²) in [7, 11) is 1.24. The lowest BCUT2D eigenvalue weighted by atomic mass is 10.5. The quantitative estimate of drug-likeness (QED) is 0.523. The van der Waals surface area contributed by atoms with Crippen LogP contribution in [0.3, 0.4) is 0 Å². The number of aromatic nitrogens is 3. The predicted octanol–water partition coefficient (Wildman–Crippen LogP) is -1.38. The molecule has 0 unspecified atom stereocenters. The molecule has 2 rings (SSSR count). The molecular formula is C9H11N5O4. The highest BCUT2D eigenvalue weighted by molar-refractivity contribution is 6.01. The van der Waals surface area contributed by atoms with Crippen LogP contribution >= 0.6 is 0 Å². The summed E-state index contributed by atoms with van der Waals surface area (Å²) >= 11 is 0. The van der Waals surface area contributed by atoms with Gasteiger partial charge in [-0.05, 0) is 0 Å². The Balaban J connectivity index is 1.94. The molecule has 9 nitrogen and oxygen atoms in total. The fourth-order valence-electron chi connectivity index (χ4n) is 1.49. The highest BCUT2D eigenvalue weighted by atomic mass is 16.5. The van der Waals surface area contributed by atoms with E-state index in [-0.39, 0.29) is 31.2 Å². The Morgan fingerprint density at radius 2 is 2.28 bits per heavy atom. The molecule has 0 aliphatic carbocycles. The van der Waals surface area contributed by atoms with Gasteiger partial charge in [0.15, 0.2) is 5.69 Å². The highest BCUT2D eigenvalue weighted by Gasteiger charge is 2.27. The molecule has 1 aliphatic rings. The standard InChI is InChI=1S/C9H11N5O4/c1-18-8(16)6-5-13(12-11-6)2-3-14-7(15)4-10-9(14)17/h5H,2-4H2,1H3,(H,10,17). The summed E-state index contributed by atoms with van der Waals surface area (Å²) in [5.41, 5.74) is 0.0784. The van der Waals surface area contributed by atoms with E-state index in [2.05, 4.69) is 20.4 Å². The van der Waals surface area contributed by atoms with Gasteiger partial charge in [0.2, 0.25) is 5.91 Å². The zero-order valence-corrected chi connectivity index (χ0v) is 9.62. The van der Waals surface area contributed by atoms with Crippen LogP contribution in [0.1, 0.15) is 10.5 Å². The van der Waals surface area contributed by atoms with Gasteiger partial charge in [0.25, 0.3) is 0 Å². The summed E-state index contributed by atoms with van der Waals surface area (Å²) in [5.74, 6) is -0.871. The fourth-order valence-corrected chi connectivity index (χ4v) is 1.49. The van der Waals surface area contributed by atoms with Crippen LogP contribution in [-0.4, -0.2) is 58.0 Å². The number of nitrogens with one attached hydrogen (secondary N) is 1. The van der Waals surface area contributed by atoms with Crippen LogP contribution in [0.15, 0.2) is 6.20 Å². The first kappa shape index (κ1) is 12.0. The smallest absolute Gasteiger partial charge is 0.360 e. The van der Waals surface area contributed by atoms with Crippen molar-refractivity contribution in [3.8, 4) is 0 Å². The van der Waals surface area contributed by atoms with E-state index in [1.54, 1.807) is 0 Å². The van der Waals surface area contributed by atoms with Crippen LogP contribution in [0.4, 0.5) is 4.79 Å². The first-order chi connectivity index (χ1) is 8.61. The van der Waals surface area contributed by atoms with Gasteiger partial charge in [0.1, 0.15) is 0 Å². The number of carbonyl (C=O) groups excluding carboxylic acids is 3. The Morgan fingerprint density at radius 1 is 1.50 bits per heavy atom. The zero-order chi connectivity index (χ0) is 13.1. The van der Waals surface area contributed by atoms with Gasteiger partial charge < -0.3 is 10.1 Å². The first-order valence-corrected chi connectivity index (χ1v) is 5.18. The second-order valence-electron chi connectivity index (χ2n) is 3.56. The van der Waals surface area contributed by atoms with Crippen LogP contribution < -0.4 is 5.32 Å². The Morgan fingerprint density at radius 3 is 2.89 bits per heavy atom. The van der Waals surface area contributed by atoms with Crippen LogP contribution in [0.5, 0.6) is 0 Å². The maximum Gasteiger partial charge on any atom is 0.360 e. The number of hydrogen-bond acceptors (Lipinski definition) is 6. The van der Waals surface area contributed by atoms with Crippen molar-refractivity contribution in [2.24, 2.45) is 0 Å². The lowest BCUT2D eigenvalue weighted by molar-refractivity contribution is -0.125. The molecular weight excluding hydrogens is 242 g/mol. The van der Waals surface area contributed by atoms with E-state index in [1.165, 1.54) is 18.0 Å². The third-order valence-corrected chi connectivity index (χ3v) is 2.42. The molecule has 0 saturated carbocycles. The van der Waals surface area contributed by atoms with Crippen LogP contribution in [-0.2, 0) is 16.1 Å². The number of nitrogens with zero attached hydrogens (tertiary/aromatic N) is 4. The van der Waals surface area contributed by atoms with Gasteiger partial charge in [0, 0.05) is 0 Å². The maximum atomic E-state index is 11.3. The van der Waals surface area contributed by atoms with Crippen LogP contribution in [0.25, 0.3) is 0 Å². The van der Waals surface area contributed by atoms with E-state index in [9.17, 15) is 14.4 Å². The number of rotatable bonds is 4. The summed E-state index contributed by atoms with van der Waals surface area (Å²) in [6.45, 7) is 0.460. The molecule has 1 aromatic heterocycles. The molecule has 0 atom stereocenters. The molecule has 3 amide bonds. The molecule has 1 N–H and O–H groups in total. The lowest BCUT2D eigenvalue weighted by Crippen LogP contribution is -2.33. The largest absolute Gasteiger partial charge is 0.464 e. The zero-order valence-electron chi connectivity index (χ0n) is 9.62. The number of carbonyl (C=O) groups is 3. The Labute approximate surface area is 102 Å². The van der Waals surface area contributed by atoms with E-state index in [4.69, 9.17) is 0 Å². The Kier molecular flexibility index (Phi) is 3.22. The third kappa shape index (κ3) is 2.29. The monoisotopic (exact) mass is 253 g/mol. The molecule has 0 aromatic carbocycles. The molecule has 18 heavy (non-hydrogen) atoms. The molecule has 0 spiro atoms. The predicted molar refractivity (Wildman–Crippen MR) is 56.5 cm³/mol. The number of methoxy groups -OCH3 is 1. The SMILES string of the molecule is COC(=O)c1cn(CCN2C(=O)CNC2=O)nn1. The van der Waals surface area contributed by atoms with Gasteiger partial charge in [0.05, 0.1) is 32.9 Å². The first-order valence-electron chi connectivity index (χ1n) is 5.18. The molecule has 96 valence electrons. The topological polar surface area (TPSA) is 106 Å². The van der Waals surface area contributed by atoms with Gasteiger partial charge in [-0.1, -0.05) is 5.21 Å².